The fraction of sp³-hybridized carbons (Fsp3) is 0.409. The lowest BCUT2D eigenvalue weighted by Crippen LogP contribution is -2.38. The second kappa shape index (κ2) is 8.52. The molecule has 1 aliphatic heterocycles. The van der Waals surface area contributed by atoms with Crippen LogP contribution in [0.5, 0.6) is 0 Å². The average molecular weight is 379 g/mol. The van der Waals surface area contributed by atoms with Gasteiger partial charge in [-0.05, 0) is 30.0 Å². The zero-order chi connectivity index (χ0) is 19.3. The van der Waals surface area contributed by atoms with Crippen LogP contribution in [0.15, 0.2) is 54.4 Å². The molecule has 1 atom stereocenters. The van der Waals surface area contributed by atoms with Crippen LogP contribution in [0, 0.1) is 0 Å². The molecule has 0 N–H and O–H groups in total. The Hall–Kier alpha value is -2.73. The van der Waals surface area contributed by atoms with E-state index in [2.05, 4.69) is 5.10 Å². The molecule has 1 aliphatic carbocycles. The molecule has 0 unspecified atom stereocenters. The van der Waals surface area contributed by atoms with E-state index in [0.29, 0.717) is 38.2 Å². The summed E-state index contributed by atoms with van der Waals surface area (Å²) in [5, 5.41) is 4.23. The summed E-state index contributed by atoms with van der Waals surface area (Å²) in [6.07, 6.45) is 5.75. The summed E-state index contributed by atoms with van der Waals surface area (Å²) in [7, 11) is 0. The van der Waals surface area contributed by atoms with Crippen molar-refractivity contribution in [3.63, 3.8) is 0 Å². The van der Waals surface area contributed by atoms with Gasteiger partial charge in [0.2, 0.25) is 5.91 Å². The molecule has 146 valence electrons. The van der Waals surface area contributed by atoms with Crippen molar-refractivity contribution in [3.8, 4) is 0 Å². The van der Waals surface area contributed by atoms with Crippen LogP contribution < -0.4 is 0 Å². The largest absolute Gasteiger partial charge is 0.374 e. The van der Waals surface area contributed by atoms with E-state index in [-0.39, 0.29) is 24.2 Å². The quantitative estimate of drug-likeness (QED) is 0.801. The van der Waals surface area contributed by atoms with Crippen LogP contribution in [0.4, 0.5) is 0 Å². The molecular weight excluding hydrogens is 354 g/mol. The van der Waals surface area contributed by atoms with Crippen LogP contribution in [-0.4, -0.2) is 52.2 Å². The Kier molecular flexibility index (Phi) is 5.67. The van der Waals surface area contributed by atoms with Crippen LogP contribution in [0.25, 0.3) is 5.57 Å². The van der Waals surface area contributed by atoms with Gasteiger partial charge in [0.15, 0.2) is 5.78 Å². The third kappa shape index (κ3) is 4.22. The van der Waals surface area contributed by atoms with E-state index in [1.54, 1.807) is 6.20 Å². The van der Waals surface area contributed by atoms with Crippen molar-refractivity contribution in [1.29, 1.82) is 0 Å². The van der Waals surface area contributed by atoms with Gasteiger partial charge in [-0.25, -0.2) is 0 Å². The Morgan fingerprint density at radius 1 is 1.18 bits per heavy atom. The van der Waals surface area contributed by atoms with Crippen molar-refractivity contribution >= 4 is 17.3 Å². The number of carbonyl (C=O) groups is 2. The van der Waals surface area contributed by atoms with Crippen molar-refractivity contribution in [2.24, 2.45) is 0 Å². The second-order valence-corrected chi connectivity index (χ2v) is 7.34. The highest BCUT2D eigenvalue weighted by molar-refractivity contribution is 6.10. The first-order valence-corrected chi connectivity index (χ1v) is 9.88. The molecule has 2 heterocycles. The van der Waals surface area contributed by atoms with Crippen LogP contribution in [0.2, 0.25) is 0 Å². The van der Waals surface area contributed by atoms with Gasteiger partial charge in [0.25, 0.3) is 0 Å². The fourth-order valence-electron chi connectivity index (χ4n) is 3.98. The van der Waals surface area contributed by atoms with Crippen LogP contribution in [-0.2, 0) is 20.9 Å². The number of aromatic nitrogens is 2. The van der Waals surface area contributed by atoms with Gasteiger partial charge in [-0.15, -0.1) is 0 Å². The summed E-state index contributed by atoms with van der Waals surface area (Å²) in [6.45, 7) is 2.44. The van der Waals surface area contributed by atoms with Crippen LogP contribution in [0.3, 0.4) is 0 Å². The number of allylic oxidation sites excluding steroid dienone is 1. The zero-order valence-electron chi connectivity index (χ0n) is 15.9. The molecule has 1 saturated heterocycles. The molecule has 1 fully saturated rings. The molecular formula is C22H25N3O3. The number of rotatable bonds is 5. The lowest BCUT2D eigenvalue weighted by Gasteiger charge is -2.24. The molecule has 6 heteroatoms. The topological polar surface area (TPSA) is 64.4 Å². The summed E-state index contributed by atoms with van der Waals surface area (Å²) >= 11 is 0. The van der Waals surface area contributed by atoms with Crippen molar-refractivity contribution in [2.45, 2.75) is 38.3 Å². The Morgan fingerprint density at radius 2 is 2.04 bits per heavy atom. The molecule has 0 spiro atoms. The lowest BCUT2D eigenvalue weighted by molar-refractivity contribution is -0.132. The predicted octanol–water partition coefficient (Wildman–Crippen LogP) is 2.71. The molecule has 1 aromatic carbocycles. The molecule has 0 saturated carbocycles. The maximum atomic E-state index is 13.0. The van der Waals surface area contributed by atoms with E-state index in [4.69, 9.17) is 4.74 Å². The summed E-state index contributed by atoms with van der Waals surface area (Å²) in [5.41, 5.74) is 2.76. The molecule has 2 aliphatic rings. The lowest BCUT2D eigenvalue weighted by atomic mass is 9.99. The van der Waals surface area contributed by atoms with E-state index in [9.17, 15) is 9.59 Å². The first-order valence-electron chi connectivity index (χ1n) is 9.88. The first kappa shape index (κ1) is 18.6. The molecule has 0 bridgehead atoms. The summed E-state index contributed by atoms with van der Waals surface area (Å²) in [4.78, 5) is 27.3. The predicted molar refractivity (Wildman–Crippen MR) is 105 cm³/mol. The highest BCUT2D eigenvalue weighted by atomic mass is 16.5. The maximum Gasteiger partial charge on any atom is 0.227 e. The molecule has 28 heavy (non-hydrogen) atoms. The van der Waals surface area contributed by atoms with Crippen molar-refractivity contribution in [2.75, 3.05) is 19.7 Å². The van der Waals surface area contributed by atoms with E-state index in [1.165, 1.54) is 0 Å². The standard InChI is InChI=1S/C22H25N3O3/c26-21-9-8-19(17-6-2-1-3-7-17)20(21)14-22(27)24-11-5-13-28-18(15-24)16-25-12-4-10-23-25/h1-4,6-7,10,12,18H,5,8-9,11,13-16H2/t18-/m0/s1. The van der Waals surface area contributed by atoms with Gasteiger partial charge in [-0.3, -0.25) is 14.3 Å². The van der Waals surface area contributed by atoms with E-state index in [1.807, 2.05) is 52.2 Å². The molecule has 6 nitrogen and oxygen atoms in total. The molecule has 0 radical (unpaired) electrons. The second-order valence-electron chi connectivity index (χ2n) is 7.34. The van der Waals surface area contributed by atoms with Gasteiger partial charge in [0.05, 0.1) is 19.1 Å². The number of amides is 1. The monoisotopic (exact) mass is 379 g/mol. The third-order valence-electron chi connectivity index (χ3n) is 5.41. The normalized spacial score (nSPS) is 20.5. The SMILES string of the molecule is O=C1CCC(c2ccccc2)=C1CC(=O)N1CCCO[C@H](Cn2cccn2)C1. The summed E-state index contributed by atoms with van der Waals surface area (Å²) < 4.78 is 7.73. The number of carbonyl (C=O) groups excluding carboxylic acids is 2. The highest BCUT2D eigenvalue weighted by Crippen LogP contribution is 2.33. The van der Waals surface area contributed by atoms with E-state index in [0.717, 1.165) is 24.0 Å². The van der Waals surface area contributed by atoms with Gasteiger partial charge in [0.1, 0.15) is 0 Å². The fourth-order valence-corrected chi connectivity index (χ4v) is 3.98. The number of ether oxygens (including phenoxy) is 1. The minimum atomic E-state index is -0.0896. The van der Waals surface area contributed by atoms with E-state index < -0.39 is 0 Å². The molecule has 4 rings (SSSR count). The Bertz CT molecular complexity index is 858. The number of Topliss-reactive ketones (excluding diaryl/α,β-unsaturated/α-hetero) is 1. The minimum Gasteiger partial charge on any atom is -0.374 e. The smallest absolute Gasteiger partial charge is 0.227 e. The van der Waals surface area contributed by atoms with Crippen LogP contribution in [0.1, 0.15) is 31.2 Å². The van der Waals surface area contributed by atoms with Crippen LogP contribution >= 0.6 is 0 Å². The minimum absolute atomic E-state index is 0.00893. The molecule has 1 aromatic heterocycles. The zero-order valence-corrected chi connectivity index (χ0v) is 15.9. The van der Waals surface area contributed by atoms with Gasteiger partial charge in [-0.1, -0.05) is 30.3 Å². The number of hydrogen-bond donors (Lipinski definition) is 0. The van der Waals surface area contributed by atoms with Gasteiger partial charge in [-0.2, -0.15) is 5.10 Å². The highest BCUT2D eigenvalue weighted by Gasteiger charge is 2.29. The maximum absolute atomic E-state index is 13.0. The third-order valence-corrected chi connectivity index (χ3v) is 5.41. The molecule has 1 amide bonds. The number of benzene rings is 1. The van der Waals surface area contributed by atoms with E-state index >= 15 is 0 Å². The summed E-state index contributed by atoms with van der Waals surface area (Å²) in [6, 6.07) is 11.8. The first-order chi connectivity index (χ1) is 13.7. The van der Waals surface area contributed by atoms with Gasteiger partial charge < -0.3 is 9.64 Å². The average Bonchev–Trinajstić information content (AvgIpc) is 3.27. The van der Waals surface area contributed by atoms with Gasteiger partial charge in [0, 0.05) is 44.1 Å². The Balaban J connectivity index is 1.47. The summed E-state index contributed by atoms with van der Waals surface area (Å²) in [5.74, 6) is 0.112. The van der Waals surface area contributed by atoms with Crippen molar-refractivity contribution < 1.29 is 14.3 Å². The van der Waals surface area contributed by atoms with Crippen molar-refractivity contribution in [1.82, 2.24) is 14.7 Å². The number of nitrogens with zero attached hydrogens (tertiary/aromatic N) is 3. The number of ketones is 1. The Morgan fingerprint density at radius 3 is 2.82 bits per heavy atom. The number of hydrogen-bond acceptors (Lipinski definition) is 4. The molecule has 2 aromatic rings. The van der Waals surface area contributed by atoms with Gasteiger partial charge >= 0.3 is 0 Å². The Labute approximate surface area is 164 Å². The van der Waals surface area contributed by atoms with Crippen molar-refractivity contribution in [3.05, 3.63) is 59.9 Å².